The molecule has 0 aliphatic rings. The summed E-state index contributed by atoms with van der Waals surface area (Å²) in [5.74, 6) is 0. The van der Waals surface area contributed by atoms with Crippen molar-refractivity contribution in [1.82, 2.24) is 4.57 Å². The molecule has 0 amide bonds. The number of benzene rings is 1. The molecule has 0 unspecified atom stereocenters. The first kappa shape index (κ1) is 8.88. The highest BCUT2D eigenvalue weighted by Gasteiger charge is 1.99. The zero-order chi connectivity index (χ0) is 9.97. The summed E-state index contributed by atoms with van der Waals surface area (Å²) in [4.78, 5) is 0. The van der Waals surface area contributed by atoms with Gasteiger partial charge in [-0.2, -0.15) is 0 Å². The largest absolute Gasteiger partial charge is 0.399 e. The van der Waals surface area contributed by atoms with Crippen LogP contribution in [-0.4, -0.2) is 4.57 Å². The van der Waals surface area contributed by atoms with E-state index in [4.69, 9.17) is 5.73 Å². The van der Waals surface area contributed by atoms with Crippen LogP contribution >= 0.6 is 0 Å². The van der Waals surface area contributed by atoms with Gasteiger partial charge in [-0.3, -0.25) is 0 Å². The van der Waals surface area contributed by atoms with Gasteiger partial charge in [0.2, 0.25) is 0 Å². The van der Waals surface area contributed by atoms with Crippen LogP contribution < -0.4 is 5.73 Å². The number of anilines is 1. The molecule has 0 spiro atoms. The van der Waals surface area contributed by atoms with E-state index in [9.17, 15) is 0 Å². The maximum Gasteiger partial charge on any atom is 0.0316 e. The van der Waals surface area contributed by atoms with Crippen molar-refractivity contribution < 1.29 is 0 Å². The van der Waals surface area contributed by atoms with Gasteiger partial charge in [-0.15, -0.1) is 0 Å². The summed E-state index contributed by atoms with van der Waals surface area (Å²) >= 11 is 0. The van der Waals surface area contributed by atoms with E-state index in [0.717, 1.165) is 12.1 Å². The van der Waals surface area contributed by atoms with Crippen molar-refractivity contribution in [2.75, 3.05) is 5.73 Å². The number of aryl methyl sites for hydroxylation is 1. The lowest BCUT2D eigenvalue weighted by Gasteiger charge is -2.04. The topological polar surface area (TPSA) is 30.9 Å². The first-order valence-electron chi connectivity index (χ1n) is 4.70. The Morgan fingerprint density at radius 2 is 2.07 bits per heavy atom. The molecule has 0 bridgehead atoms. The van der Waals surface area contributed by atoms with E-state index < -0.39 is 0 Å². The third kappa shape index (κ3) is 1.79. The van der Waals surface area contributed by atoms with Crippen molar-refractivity contribution in [3.63, 3.8) is 0 Å². The zero-order valence-electron chi connectivity index (χ0n) is 8.27. The third-order valence-electron chi connectivity index (χ3n) is 2.39. The van der Waals surface area contributed by atoms with Crippen LogP contribution in [0.25, 0.3) is 0 Å². The molecule has 1 heterocycles. The smallest absolute Gasteiger partial charge is 0.0316 e. The highest BCUT2D eigenvalue weighted by atomic mass is 14.9. The van der Waals surface area contributed by atoms with E-state index in [1.54, 1.807) is 0 Å². The third-order valence-corrected chi connectivity index (χ3v) is 2.39. The predicted octanol–water partition coefficient (Wildman–Crippen LogP) is 2.20. The maximum atomic E-state index is 5.72. The number of rotatable bonds is 2. The fourth-order valence-electron chi connectivity index (χ4n) is 1.59. The van der Waals surface area contributed by atoms with Crippen LogP contribution in [-0.2, 0) is 13.5 Å². The van der Waals surface area contributed by atoms with E-state index in [0.29, 0.717) is 0 Å². The van der Waals surface area contributed by atoms with Crippen LogP contribution in [0.5, 0.6) is 0 Å². The standard InChI is InChI=1S/C12H14N2/c1-14-7-3-6-12(14)9-10-4-2-5-11(13)8-10/h2-8H,9,13H2,1H3. The van der Waals surface area contributed by atoms with Gasteiger partial charge in [0, 0.05) is 31.0 Å². The molecule has 2 aromatic rings. The molecule has 0 saturated heterocycles. The molecule has 1 aromatic carbocycles. The molecule has 0 radical (unpaired) electrons. The summed E-state index contributed by atoms with van der Waals surface area (Å²) in [6, 6.07) is 12.2. The second-order valence-electron chi connectivity index (χ2n) is 3.53. The summed E-state index contributed by atoms with van der Waals surface area (Å²) < 4.78 is 2.13. The Kier molecular flexibility index (Phi) is 2.27. The Bertz CT molecular complexity index is 429. The van der Waals surface area contributed by atoms with Gasteiger partial charge < -0.3 is 10.3 Å². The number of hydrogen-bond acceptors (Lipinski definition) is 1. The van der Waals surface area contributed by atoms with Crippen LogP contribution in [0.3, 0.4) is 0 Å². The Morgan fingerprint density at radius 3 is 2.71 bits per heavy atom. The van der Waals surface area contributed by atoms with Crippen molar-refractivity contribution in [2.45, 2.75) is 6.42 Å². The second kappa shape index (κ2) is 3.58. The molecular weight excluding hydrogens is 172 g/mol. The van der Waals surface area contributed by atoms with Gasteiger partial charge in [-0.05, 0) is 29.8 Å². The summed E-state index contributed by atoms with van der Waals surface area (Å²) in [6.45, 7) is 0. The van der Waals surface area contributed by atoms with E-state index in [1.165, 1.54) is 11.3 Å². The quantitative estimate of drug-likeness (QED) is 0.716. The summed E-state index contributed by atoms with van der Waals surface area (Å²) in [5, 5.41) is 0. The molecule has 2 rings (SSSR count). The molecule has 0 aliphatic carbocycles. The number of nitrogens with two attached hydrogens (primary N) is 1. The number of nitrogens with zero attached hydrogens (tertiary/aromatic N) is 1. The Labute approximate surface area is 84.0 Å². The van der Waals surface area contributed by atoms with Gasteiger partial charge in [0.1, 0.15) is 0 Å². The first-order chi connectivity index (χ1) is 6.75. The molecule has 1 aromatic heterocycles. The lowest BCUT2D eigenvalue weighted by atomic mass is 10.1. The van der Waals surface area contributed by atoms with Gasteiger partial charge in [0.25, 0.3) is 0 Å². The SMILES string of the molecule is Cn1cccc1Cc1cccc(N)c1. The van der Waals surface area contributed by atoms with Crippen LogP contribution in [0.15, 0.2) is 42.6 Å². The van der Waals surface area contributed by atoms with Gasteiger partial charge in [-0.1, -0.05) is 12.1 Å². The van der Waals surface area contributed by atoms with Crippen LogP contribution in [0, 0.1) is 0 Å². The molecule has 72 valence electrons. The van der Waals surface area contributed by atoms with E-state index in [2.05, 4.69) is 36.0 Å². The highest BCUT2D eigenvalue weighted by molar-refractivity contribution is 5.41. The summed E-state index contributed by atoms with van der Waals surface area (Å²) in [5.41, 5.74) is 9.11. The average Bonchev–Trinajstić information content (AvgIpc) is 2.52. The van der Waals surface area contributed by atoms with E-state index >= 15 is 0 Å². The number of aromatic nitrogens is 1. The number of nitrogen functional groups attached to an aromatic ring is 1. The highest BCUT2D eigenvalue weighted by Crippen LogP contribution is 2.12. The van der Waals surface area contributed by atoms with Crippen molar-refractivity contribution in [3.05, 3.63) is 53.9 Å². The van der Waals surface area contributed by atoms with E-state index in [-0.39, 0.29) is 0 Å². The second-order valence-corrected chi connectivity index (χ2v) is 3.53. The lowest BCUT2D eigenvalue weighted by Crippen LogP contribution is -1.96. The fourth-order valence-corrected chi connectivity index (χ4v) is 1.59. The van der Waals surface area contributed by atoms with Crippen molar-refractivity contribution in [3.8, 4) is 0 Å². The minimum Gasteiger partial charge on any atom is -0.399 e. The lowest BCUT2D eigenvalue weighted by molar-refractivity contribution is 0.851. The Balaban J connectivity index is 2.23. The van der Waals surface area contributed by atoms with E-state index in [1.807, 2.05) is 18.2 Å². The van der Waals surface area contributed by atoms with Gasteiger partial charge >= 0.3 is 0 Å². The predicted molar refractivity (Wildman–Crippen MR) is 59.1 cm³/mol. The Hall–Kier alpha value is -1.70. The summed E-state index contributed by atoms with van der Waals surface area (Å²) in [6.07, 6.45) is 3.00. The monoisotopic (exact) mass is 186 g/mol. The molecule has 2 heteroatoms. The van der Waals surface area contributed by atoms with Gasteiger partial charge in [0.15, 0.2) is 0 Å². The van der Waals surface area contributed by atoms with Gasteiger partial charge in [0.05, 0.1) is 0 Å². The molecule has 14 heavy (non-hydrogen) atoms. The molecule has 0 saturated carbocycles. The van der Waals surface area contributed by atoms with Crippen LogP contribution in [0.2, 0.25) is 0 Å². The van der Waals surface area contributed by atoms with Crippen molar-refractivity contribution in [2.24, 2.45) is 7.05 Å². The molecular formula is C12H14N2. The molecule has 2 nitrogen and oxygen atoms in total. The van der Waals surface area contributed by atoms with Crippen LogP contribution in [0.4, 0.5) is 5.69 Å². The minimum absolute atomic E-state index is 0.830. The van der Waals surface area contributed by atoms with Crippen molar-refractivity contribution >= 4 is 5.69 Å². The maximum absolute atomic E-state index is 5.72. The number of hydrogen-bond donors (Lipinski definition) is 1. The first-order valence-corrected chi connectivity index (χ1v) is 4.70. The zero-order valence-corrected chi connectivity index (χ0v) is 8.27. The molecule has 0 atom stereocenters. The Morgan fingerprint density at radius 1 is 1.21 bits per heavy atom. The average molecular weight is 186 g/mol. The minimum atomic E-state index is 0.830. The van der Waals surface area contributed by atoms with Crippen molar-refractivity contribution in [1.29, 1.82) is 0 Å². The molecule has 0 fully saturated rings. The van der Waals surface area contributed by atoms with Gasteiger partial charge in [-0.25, -0.2) is 0 Å². The normalized spacial score (nSPS) is 10.4. The fraction of sp³-hybridized carbons (Fsp3) is 0.167. The summed E-state index contributed by atoms with van der Waals surface area (Å²) in [7, 11) is 2.06. The molecule has 2 N–H and O–H groups in total. The molecule has 0 aliphatic heterocycles. The van der Waals surface area contributed by atoms with Crippen LogP contribution in [0.1, 0.15) is 11.3 Å².